The number of benzene rings is 1. The standard InChI is InChI=1S/C17H20N4O.2ClH/c22-17(20-15-9-13-4-5-14(10-15)19-13)12-2-1-3-16(8-12)21-7-6-18-11-21;;/h1-3,6-8,11,13-15,19H,4-5,9-10H2,(H,20,22);2*1H. The van der Waals surface area contributed by atoms with Crippen molar-refractivity contribution in [3.63, 3.8) is 0 Å². The second-order valence-corrected chi connectivity index (χ2v) is 6.30. The number of imidazole rings is 1. The number of amides is 1. The van der Waals surface area contributed by atoms with Crippen LogP contribution in [0.5, 0.6) is 0 Å². The molecule has 2 N–H and O–H groups in total. The predicted octanol–water partition coefficient (Wildman–Crippen LogP) is 2.73. The number of fused-ring (bicyclic) bond motifs is 2. The first-order valence-corrected chi connectivity index (χ1v) is 7.93. The molecule has 2 saturated heterocycles. The van der Waals surface area contributed by atoms with Crippen LogP contribution in [0.3, 0.4) is 0 Å². The maximum absolute atomic E-state index is 12.5. The highest BCUT2D eigenvalue weighted by molar-refractivity contribution is 5.94. The Morgan fingerprint density at radius 2 is 1.96 bits per heavy atom. The van der Waals surface area contributed by atoms with Crippen LogP contribution in [0.25, 0.3) is 5.69 Å². The van der Waals surface area contributed by atoms with Crippen LogP contribution < -0.4 is 10.6 Å². The van der Waals surface area contributed by atoms with Gasteiger partial charge in [-0.3, -0.25) is 4.79 Å². The highest BCUT2D eigenvalue weighted by atomic mass is 35.5. The van der Waals surface area contributed by atoms with Crippen LogP contribution in [-0.2, 0) is 0 Å². The molecular formula is C17H22Cl2N4O. The molecule has 2 aliphatic rings. The molecule has 0 spiro atoms. The predicted molar refractivity (Wildman–Crippen MR) is 98.5 cm³/mol. The molecule has 4 rings (SSSR count). The number of nitrogens with one attached hydrogen (secondary N) is 2. The molecule has 1 aromatic heterocycles. The van der Waals surface area contributed by atoms with Gasteiger partial charge >= 0.3 is 0 Å². The van der Waals surface area contributed by atoms with Crippen LogP contribution in [0, 0.1) is 0 Å². The Kier molecular flexibility index (Phi) is 6.27. The molecule has 3 heterocycles. The summed E-state index contributed by atoms with van der Waals surface area (Å²) in [6, 6.07) is 9.13. The van der Waals surface area contributed by atoms with Crippen molar-refractivity contribution >= 4 is 30.7 Å². The molecule has 2 bridgehead atoms. The van der Waals surface area contributed by atoms with E-state index in [0.717, 1.165) is 18.5 Å². The summed E-state index contributed by atoms with van der Waals surface area (Å²) in [6.45, 7) is 0. The summed E-state index contributed by atoms with van der Waals surface area (Å²) in [6.07, 6.45) is 9.92. The Morgan fingerprint density at radius 1 is 1.21 bits per heavy atom. The topological polar surface area (TPSA) is 59.0 Å². The summed E-state index contributed by atoms with van der Waals surface area (Å²) >= 11 is 0. The zero-order valence-electron chi connectivity index (χ0n) is 13.2. The number of halogens is 2. The molecule has 5 nitrogen and oxygen atoms in total. The minimum Gasteiger partial charge on any atom is -0.349 e. The molecular weight excluding hydrogens is 347 g/mol. The van der Waals surface area contributed by atoms with E-state index < -0.39 is 0 Å². The molecule has 1 aromatic carbocycles. The number of carbonyl (C=O) groups is 1. The maximum Gasteiger partial charge on any atom is 0.251 e. The van der Waals surface area contributed by atoms with Crippen molar-refractivity contribution in [3.8, 4) is 5.69 Å². The molecule has 2 fully saturated rings. The molecule has 2 aromatic rings. The number of hydrogen-bond acceptors (Lipinski definition) is 3. The van der Waals surface area contributed by atoms with Gasteiger partial charge in [0.1, 0.15) is 0 Å². The van der Waals surface area contributed by atoms with E-state index in [0.29, 0.717) is 23.7 Å². The van der Waals surface area contributed by atoms with E-state index in [1.807, 2.05) is 35.0 Å². The van der Waals surface area contributed by atoms with Gasteiger partial charge in [0.05, 0.1) is 6.33 Å². The minimum atomic E-state index is 0. The van der Waals surface area contributed by atoms with E-state index in [9.17, 15) is 4.79 Å². The van der Waals surface area contributed by atoms with Crippen molar-refractivity contribution < 1.29 is 4.79 Å². The summed E-state index contributed by atoms with van der Waals surface area (Å²) < 4.78 is 1.90. The lowest BCUT2D eigenvalue weighted by Crippen LogP contribution is -2.48. The van der Waals surface area contributed by atoms with Gasteiger partial charge in [-0.25, -0.2) is 4.98 Å². The van der Waals surface area contributed by atoms with Crippen molar-refractivity contribution in [1.82, 2.24) is 20.2 Å². The second-order valence-electron chi connectivity index (χ2n) is 6.30. The van der Waals surface area contributed by atoms with Gasteiger partial charge in [-0.1, -0.05) is 6.07 Å². The number of nitrogens with zero attached hydrogens (tertiary/aromatic N) is 2. The largest absolute Gasteiger partial charge is 0.349 e. The van der Waals surface area contributed by atoms with Crippen LogP contribution in [0.2, 0.25) is 0 Å². The van der Waals surface area contributed by atoms with Gasteiger partial charge in [-0.2, -0.15) is 0 Å². The zero-order chi connectivity index (χ0) is 14.9. The summed E-state index contributed by atoms with van der Waals surface area (Å²) in [5.74, 6) is 0.0215. The minimum absolute atomic E-state index is 0. The highest BCUT2D eigenvalue weighted by Crippen LogP contribution is 2.27. The van der Waals surface area contributed by atoms with Crippen molar-refractivity contribution in [3.05, 3.63) is 48.5 Å². The number of carbonyl (C=O) groups excluding carboxylic acids is 1. The molecule has 7 heteroatoms. The van der Waals surface area contributed by atoms with Gasteiger partial charge in [-0.05, 0) is 43.9 Å². The average molecular weight is 369 g/mol. The fraction of sp³-hybridized carbons (Fsp3) is 0.412. The fourth-order valence-electron chi connectivity index (χ4n) is 3.66. The van der Waals surface area contributed by atoms with Gasteiger partial charge in [0.2, 0.25) is 0 Å². The molecule has 0 aliphatic carbocycles. The summed E-state index contributed by atoms with van der Waals surface area (Å²) in [4.78, 5) is 16.6. The first-order chi connectivity index (χ1) is 10.8. The number of rotatable bonds is 3. The summed E-state index contributed by atoms with van der Waals surface area (Å²) in [7, 11) is 0. The fourth-order valence-corrected chi connectivity index (χ4v) is 3.66. The van der Waals surface area contributed by atoms with Crippen LogP contribution in [0.1, 0.15) is 36.0 Å². The third-order valence-electron chi connectivity index (χ3n) is 4.72. The van der Waals surface area contributed by atoms with Crippen LogP contribution in [0.4, 0.5) is 0 Å². The van der Waals surface area contributed by atoms with Crippen LogP contribution in [0.15, 0.2) is 43.0 Å². The first kappa shape index (κ1) is 18.8. The van der Waals surface area contributed by atoms with Crippen molar-refractivity contribution in [2.75, 3.05) is 0 Å². The van der Waals surface area contributed by atoms with Crippen LogP contribution in [-0.4, -0.2) is 33.6 Å². The van der Waals surface area contributed by atoms with Gasteiger partial charge in [0, 0.05) is 41.8 Å². The number of aromatic nitrogens is 2. The van der Waals surface area contributed by atoms with Crippen molar-refractivity contribution in [2.24, 2.45) is 0 Å². The Morgan fingerprint density at radius 3 is 2.62 bits per heavy atom. The van der Waals surface area contributed by atoms with Crippen LogP contribution >= 0.6 is 24.8 Å². The smallest absolute Gasteiger partial charge is 0.251 e. The van der Waals surface area contributed by atoms with Gasteiger partial charge in [-0.15, -0.1) is 24.8 Å². The van der Waals surface area contributed by atoms with E-state index >= 15 is 0 Å². The molecule has 2 aliphatic heterocycles. The molecule has 0 radical (unpaired) electrons. The normalized spacial score (nSPS) is 24.6. The van der Waals surface area contributed by atoms with E-state index in [-0.39, 0.29) is 30.7 Å². The molecule has 0 saturated carbocycles. The van der Waals surface area contributed by atoms with E-state index in [1.165, 1.54) is 12.8 Å². The van der Waals surface area contributed by atoms with Gasteiger partial charge in [0.25, 0.3) is 5.91 Å². The molecule has 24 heavy (non-hydrogen) atoms. The molecule has 1 amide bonds. The Hall–Kier alpha value is -1.56. The van der Waals surface area contributed by atoms with Gasteiger partial charge in [0.15, 0.2) is 0 Å². The van der Waals surface area contributed by atoms with Crippen molar-refractivity contribution in [1.29, 1.82) is 0 Å². The Balaban J connectivity index is 0.00000104. The summed E-state index contributed by atoms with van der Waals surface area (Å²) in [5, 5.41) is 6.80. The number of hydrogen-bond donors (Lipinski definition) is 2. The molecule has 130 valence electrons. The average Bonchev–Trinajstić information content (AvgIpc) is 3.17. The van der Waals surface area contributed by atoms with Gasteiger partial charge < -0.3 is 15.2 Å². The monoisotopic (exact) mass is 368 g/mol. The highest BCUT2D eigenvalue weighted by Gasteiger charge is 2.34. The third-order valence-corrected chi connectivity index (χ3v) is 4.72. The SMILES string of the molecule is Cl.Cl.O=C(NC1CC2CCC(C1)N2)c1cccc(-n2ccnc2)c1. The van der Waals surface area contributed by atoms with E-state index in [2.05, 4.69) is 15.6 Å². The molecule has 2 atom stereocenters. The lowest BCUT2D eigenvalue weighted by Gasteiger charge is -2.29. The lowest BCUT2D eigenvalue weighted by molar-refractivity contribution is 0.0924. The number of piperidine rings is 1. The molecule has 2 unspecified atom stereocenters. The quantitative estimate of drug-likeness (QED) is 0.875. The zero-order valence-corrected chi connectivity index (χ0v) is 14.9. The first-order valence-electron chi connectivity index (χ1n) is 7.93. The maximum atomic E-state index is 12.5. The second kappa shape index (κ2) is 8.01. The third kappa shape index (κ3) is 3.91. The lowest BCUT2D eigenvalue weighted by atomic mass is 9.99. The van der Waals surface area contributed by atoms with Crippen molar-refractivity contribution in [2.45, 2.75) is 43.8 Å². The Labute approximate surface area is 154 Å². The van der Waals surface area contributed by atoms with E-state index in [4.69, 9.17) is 0 Å². The van der Waals surface area contributed by atoms with E-state index in [1.54, 1.807) is 12.5 Å². The Bertz CT molecular complexity index is 665. The summed E-state index contributed by atoms with van der Waals surface area (Å²) in [5.41, 5.74) is 1.66.